The lowest BCUT2D eigenvalue weighted by molar-refractivity contribution is -0.116. The number of anilines is 1. The van der Waals surface area contributed by atoms with Crippen LogP contribution in [-0.4, -0.2) is 24.9 Å². The van der Waals surface area contributed by atoms with Gasteiger partial charge in [-0.2, -0.15) is 0 Å². The number of nitrogens with one attached hydrogen (secondary N) is 1. The van der Waals surface area contributed by atoms with Crippen LogP contribution in [-0.2, 0) is 4.79 Å². The van der Waals surface area contributed by atoms with E-state index in [1.165, 1.54) is 6.92 Å². The van der Waals surface area contributed by atoms with Crippen molar-refractivity contribution in [2.75, 3.05) is 18.0 Å². The molecular formula is C19H21ClN2O2. The van der Waals surface area contributed by atoms with Crippen LogP contribution in [0, 0.1) is 13.8 Å². The molecule has 0 spiro atoms. The van der Waals surface area contributed by atoms with Crippen LogP contribution in [0.5, 0.6) is 0 Å². The SMILES string of the molecule is CC(=O)N(CCNC(=O)c1ccc(Cl)cc1)c1ccc(C)cc1C. The number of hydrogen-bond acceptors (Lipinski definition) is 2. The standard InChI is InChI=1S/C19H21ClN2O2/c1-13-4-9-18(14(2)12-13)22(15(3)23)11-10-21-19(24)16-5-7-17(20)8-6-16/h4-9,12H,10-11H2,1-3H3,(H,21,24). The monoisotopic (exact) mass is 344 g/mol. The van der Waals surface area contributed by atoms with E-state index in [0.717, 1.165) is 16.8 Å². The zero-order chi connectivity index (χ0) is 17.7. The molecule has 0 atom stereocenters. The molecule has 2 amide bonds. The van der Waals surface area contributed by atoms with E-state index in [4.69, 9.17) is 11.6 Å². The third kappa shape index (κ3) is 4.59. The summed E-state index contributed by atoms with van der Waals surface area (Å²) in [6, 6.07) is 12.6. The highest BCUT2D eigenvalue weighted by molar-refractivity contribution is 6.30. The van der Waals surface area contributed by atoms with Crippen molar-refractivity contribution in [3.05, 3.63) is 64.2 Å². The van der Waals surface area contributed by atoms with Gasteiger partial charge >= 0.3 is 0 Å². The molecule has 0 aliphatic heterocycles. The van der Waals surface area contributed by atoms with Gasteiger partial charge in [-0.3, -0.25) is 9.59 Å². The molecule has 4 nitrogen and oxygen atoms in total. The van der Waals surface area contributed by atoms with E-state index >= 15 is 0 Å². The Balaban J connectivity index is 2.00. The zero-order valence-corrected chi connectivity index (χ0v) is 14.9. The lowest BCUT2D eigenvalue weighted by atomic mass is 10.1. The predicted octanol–water partition coefficient (Wildman–Crippen LogP) is 3.74. The first-order valence-corrected chi connectivity index (χ1v) is 8.15. The van der Waals surface area contributed by atoms with Crippen LogP contribution in [0.15, 0.2) is 42.5 Å². The minimum absolute atomic E-state index is 0.0531. The van der Waals surface area contributed by atoms with Crippen molar-refractivity contribution in [1.29, 1.82) is 0 Å². The van der Waals surface area contributed by atoms with Gasteiger partial charge in [-0.1, -0.05) is 29.3 Å². The maximum Gasteiger partial charge on any atom is 0.251 e. The van der Waals surface area contributed by atoms with Gasteiger partial charge in [0.2, 0.25) is 5.91 Å². The summed E-state index contributed by atoms with van der Waals surface area (Å²) in [5, 5.41) is 3.42. The number of benzene rings is 2. The number of carbonyl (C=O) groups excluding carboxylic acids is 2. The van der Waals surface area contributed by atoms with E-state index in [1.807, 2.05) is 32.0 Å². The number of rotatable bonds is 5. The molecule has 0 aliphatic carbocycles. The van der Waals surface area contributed by atoms with Gasteiger partial charge in [0.1, 0.15) is 0 Å². The highest BCUT2D eigenvalue weighted by Crippen LogP contribution is 2.21. The Morgan fingerprint density at radius 3 is 2.33 bits per heavy atom. The largest absolute Gasteiger partial charge is 0.350 e. The number of nitrogens with zero attached hydrogens (tertiary/aromatic N) is 1. The second-order valence-electron chi connectivity index (χ2n) is 5.72. The molecule has 0 aromatic heterocycles. The van der Waals surface area contributed by atoms with Crippen LogP contribution in [0.4, 0.5) is 5.69 Å². The van der Waals surface area contributed by atoms with E-state index < -0.39 is 0 Å². The summed E-state index contributed by atoms with van der Waals surface area (Å²) in [5.41, 5.74) is 3.60. The molecule has 0 saturated heterocycles. The number of carbonyl (C=O) groups is 2. The number of hydrogen-bond donors (Lipinski definition) is 1. The van der Waals surface area contributed by atoms with Crippen LogP contribution in [0.1, 0.15) is 28.4 Å². The second-order valence-corrected chi connectivity index (χ2v) is 6.16. The average Bonchev–Trinajstić information content (AvgIpc) is 2.52. The third-order valence-corrected chi connectivity index (χ3v) is 4.00. The van der Waals surface area contributed by atoms with Crippen LogP contribution in [0.2, 0.25) is 5.02 Å². The first-order valence-electron chi connectivity index (χ1n) is 7.77. The Hall–Kier alpha value is -2.33. The lowest BCUT2D eigenvalue weighted by Gasteiger charge is -2.23. The second kappa shape index (κ2) is 7.97. The topological polar surface area (TPSA) is 49.4 Å². The predicted molar refractivity (Wildman–Crippen MR) is 97.7 cm³/mol. The third-order valence-electron chi connectivity index (χ3n) is 3.75. The van der Waals surface area contributed by atoms with Crippen molar-refractivity contribution in [3.63, 3.8) is 0 Å². The van der Waals surface area contributed by atoms with Gasteiger partial charge in [0.15, 0.2) is 0 Å². The van der Waals surface area contributed by atoms with Gasteiger partial charge in [0.25, 0.3) is 5.91 Å². The molecule has 0 unspecified atom stereocenters. The first-order chi connectivity index (χ1) is 11.4. The fraction of sp³-hybridized carbons (Fsp3) is 0.263. The van der Waals surface area contributed by atoms with Crippen molar-refractivity contribution in [2.24, 2.45) is 0 Å². The van der Waals surface area contributed by atoms with Gasteiger partial charge in [-0.15, -0.1) is 0 Å². The Bertz CT molecular complexity index is 742. The Kier molecular flexibility index (Phi) is 5.99. The lowest BCUT2D eigenvalue weighted by Crippen LogP contribution is -2.37. The summed E-state index contributed by atoms with van der Waals surface area (Å²) >= 11 is 5.81. The minimum atomic E-state index is -0.184. The molecule has 0 fully saturated rings. The number of halogens is 1. The molecular weight excluding hydrogens is 324 g/mol. The summed E-state index contributed by atoms with van der Waals surface area (Å²) in [7, 11) is 0. The normalized spacial score (nSPS) is 10.3. The van der Waals surface area contributed by atoms with E-state index in [1.54, 1.807) is 29.2 Å². The summed E-state index contributed by atoms with van der Waals surface area (Å²) in [5.74, 6) is -0.238. The summed E-state index contributed by atoms with van der Waals surface area (Å²) in [6.45, 7) is 6.30. The highest BCUT2D eigenvalue weighted by atomic mass is 35.5. The first kappa shape index (κ1) is 18.0. The van der Waals surface area contributed by atoms with Crippen LogP contribution >= 0.6 is 11.6 Å². The molecule has 0 saturated carbocycles. The quantitative estimate of drug-likeness (QED) is 0.898. The molecule has 0 heterocycles. The summed E-state index contributed by atoms with van der Waals surface area (Å²) in [6.07, 6.45) is 0. The molecule has 0 bridgehead atoms. The zero-order valence-electron chi connectivity index (χ0n) is 14.1. The Morgan fingerprint density at radius 1 is 1.08 bits per heavy atom. The van der Waals surface area contributed by atoms with Crippen molar-refractivity contribution in [3.8, 4) is 0 Å². The molecule has 2 aromatic rings. The molecule has 2 rings (SSSR count). The van der Waals surface area contributed by atoms with Gasteiger partial charge in [-0.05, 0) is 49.7 Å². The summed E-state index contributed by atoms with van der Waals surface area (Å²) in [4.78, 5) is 25.7. The van der Waals surface area contributed by atoms with E-state index in [9.17, 15) is 9.59 Å². The van der Waals surface area contributed by atoms with E-state index in [2.05, 4.69) is 5.32 Å². The Morgan fingerprint density at radius 2 is 1.75 bits per heavy atom. The van der Waals surface area contributed by atoms with Crippen molar-refractivity contribution in [1.82, 2.24) is 5.32 Å². The van der Waals surface area contributed by atoms with Crippen molar-refractivity contribution >= 4 is 29.1 Å². The smallest absolute Gasteiger partial charge is 0.251 e. The fourth-order valence-corrected chi connectivity index (χ4v) is 2.67. The molecule has 0 aliphatic rings. The molecule has 24 heavy (non-hydrogen) atoms. The van der Waals surface area contributed by atoms with E-state index in [0.29, 0.717) is 23.7 Å². The highest BCUT2D eigenvalue weighted by Gasteiger charge is 2.14. The minimum Gasteiger partial charge on any atom is -0.350 e. The molecule has 126 valence electrons. The fourth-order valence-electron chi connectivity index (χ4n) is 2.54. The van der Waals surface area contributed by atoms with Crippen LogP contribution in [0.3, 0.4) is 0 Å². The number of amides is 2. The van der Waals surface area contributed by atoms with Crippen molar-refractivity contribution in [2.45, 2.75) is 20.8 Å². The van der Waals surface area contributed by atoms with Gasteiger partial charge in [-0.25, -0.2) is 0 Å². The van der Waals surface area contributed by atoms with Gasteiger partial charge in [0, 0.05) is 36.3 Å². The van der Waals surface area contributed by atoms with E-state index in [-0.39, 0.29) is 11.8 Å². The maximum atomic E-state index is 12.1. The molecule has 2 aromatic carbocycles. The van der Waals surface area contributed by atoms with Crippen LogP contribution in [0.25, 0.3) is 0 Å². The van der Waals surface area contributed by atoms with Crippen molar-refractivity contribution < 1.29 is 9.59 Å². The van der Waals surface area contributed by atoms with Crippen LogP contribution < -0.4 is 10.2 Å². The van der Waals surface area contributed by atoms with Gasteiger partial charge in [0.05, 0.1) is 0 Å². The van der Waals surface area contributed by atoms with Gasteiger partial charge < -0.3 is 10.2 Å². The Labute approximate surface area is 147 Å². The number of aryl methyl sites for hydroxylation is 2. The molecule has 5 heteroatoms. The summed E-state index contributed by atoms with van der Waals surface area (Å²) < 4.78 is 0. The average molecular weight is 345 g/mol. The molecule has 0 radical (unpaired) electrons. The molecule has 1 N–H and O–H groups in total. The maximum absolute atomic E-state index is 12.1.